The van der Waals surface area contributed by atoms with Crippen molar-refractivity contribution in [3.05, 3.63) is 92.7 Å². The maximum absolute atomic E-state index is 12.8. The average molecular weight is 376 g/mol. The van der Waals surface area contributed by atoms with Gasteiger partial charge in [0, 0.05) is 16.5 Å². The fourth-order valence-electron chi connectivity index (χ4n) is 3.71. The highest BCUT2D eigenvalue weighted by Crippen LogP contribution is 2.48. The number of H-pyrrole nitrogens is 1. The summed E-state index contributed by atoms with van der Waals surface area (Å²) in [5.74, 6) is 0.583. The van der Waals surface area contributed by atoms with Crippen LogP contribution in [0, 0.1) is 0 Å². The van der Waals surface area contributed by atoms with Crippen LogP contribution in [0.2, 0.25) is 5.02 Å². The molecule has 0 saturated carbocycles. The minimum Gasteiger partial charge on any atom is -0.438 e. The predicted octanol–water partition coefficient (Wildman–Crippen LogP) is 4.44. The maximum Gasteiger partial charge on any atom is 0.260 e. The molecule has 0 aliphatic carbocycles. The van der Waals surface area contributed by atoms with Gasteiger partial charge in [-0.05, 0) is 34.5 Å². The first-order valence-electron chi connectivity index (χ1n) is 8.46. The average Bonchev–Trinajstić information content (AvgIpc) is 2.66. The number of halogens is 1. The van der Waals surface area contributed by atoms with E-state index in [0.29, 0.717) is 16.3 Å². The molecule has 1 aliphatic heterocycles. The molecule has 0 spiro atoms. The Morgan fingerprint density at radius 3 is 2.59 bits per heavy atom. The molecule has 3 N–H and O–H groups in total. The van der Waals surface area contributed by atoms with Crippen LogP contribution in [-0.2, 0) is 0 Å². The van der Waals surface area contributed by atoms with Gasteiger partial charge in [-0.15, -0.1) is 0 Å². The molecule has 2 heterocycles. The second-order valence-corrected chi connectivity index (χ2v) is 6.89. The first kappa shape index (κ1) is 15.9. The van der Waals surface area contributed by atoms with E-state index in [9.17, 15) is 4.79 Å². The second-order valence-electron chi connectivity index (χ2n) is 6.46. The van der Waals surface area contributed by atoms with E-state index >= 15 is 0 Å². The van der Waals surface area contributed by atoms with Crippen molar-refractivity contribution in [2.24, 2.45) is 0 Å². The van der Waals surface area contributed by atoms with Gasteiger partial charge in [0.15, 0.2) is 0 Å². The summed E-state index contributed by atoms with van der Waals surface area (Å²) in [5.41, 5.74) is 7.72. The van der Waals surface area contributed by atoms with Crippen molar-refractivity contribution in [1.82, 2.24) is 9.97 Å². The highest BCUT2D eigenvalue weighted by molar-refractivity contribution is 6.30. The van der Waals surface area contributed by atoms with Crippen molar-refractivity contribution in [2.45, 2.75) is 5.92 Å². The monoisotopic (exact) mass is 375 g/mol. The molecule has 5 rings (SSSR count). The van der Waals surface area contributed by atoms with Gasteiger partial charge in [0.1, 0.15) is 5.75 Å². The zero-order valence-electron chi connectivity index (χ0n) is 14.1. The summed E-state index contributed by atoms with van der Waals surface area (Å²) in [6, 6.07) is 19.4. The van der Waals surface area contributed by atoms with Gasteiger partial charge in [0.2, 0.25) is 11.8 Å². The number of aromatic amines is 1. The summed E-state index contributed by atoms with van der Waals surface area (Å²) < 4.78 is 5.99. The van der Waals surface area contributed by atoms with Crippen LogP contribution in [0.25, 0.3) is 10.8 Å². The summed E-state index contributed by atoms with van der Waals surface area (Å²) in [6.07, 6.45) is 0. The van der Waals surface area contributed by atoms with Gasteiger partial charge in [-0.3, -0.25) is 9.78 Å². The zero-order valence-corrected chi connectivity index (χ0v) is 14.8. The van der Waals surface area contributed by atoms with Gasteiger partial charge in [-0.1, -0.05) is 54.1 Å². The Hall–Kier alpha value is -3.31. The summed E-state index contributed by atoms with van der Waals surface area (Å²) in [4.78, 5) is 19.6. The minimum absolute atomic E-state index is 0.0258. The number of benzene rings is 3. The molecule has 5 nitrogen and oxygen atoms in total. The third-order valence-electron chi connectivity index (χ3n) is 4.86. The topological polar surface area (TPSA) is 81.0 Å². The van der Waals surface area contributed by atoms with Gasteiger partial charge in [-0.25, -0.2) is 0 Å². The lowest BCUT2D eigenvalue weighted by Crippen LogP contribution is -2.25. The molecule has 132 valence electrons. The number of fused-ring (bicyclic) bond motifs is 4. The lowest BCUT2D eigenvalue weighted by Gasteiger charge is -2.28. The first-order valence-corrected chi connectivity index (χ1v) is 8.84. The Labute approximate surface area is 159 Å². The van der Waals surface area contributed by atoms with Crippen LogP contribution in [0.5, 0.6) is 11.6 Å². The molecule has 1 atom stereocenters. The number of ether oxygens (including phenoxy) is 1. The number of nitrogen functional groups attached to an aromatic ring is 1. The molecule has 0 bridgehead atoms. The highest BCUT2D eigenvalue weighted by atomic mass is 35.5. The summed E-state index contributed by atoms with van der Waals surface area (Å²) in [7, 11) is 0. The lowest BCUT2D eigenvalue weighted by molar-refractivity contribution is 0.433. The molecule has 1 unspecified atom stereocenters. The van der Waals surface area contributed by atoms with Crippen LogP contribution in [-0.4, -0.2) is 9.97 Å². The Morgan fingerprint density at radius 2 is 1.78 bits per heavy atom. The quantitative estimate of drug-likeness (QED) is 0.453. The summed E-state index contributed by atoms with van der Waals surface area (Å²) in [6.45, 7) is 0. The Kier molecular flexibility index (Phi) is 3.45. The number of hydrogen-bond donors (Lipinski definition) is 2. The van der Waals surface area contributed by atoms with E-state index in [-0.39, 0.29) is 23.3 Å². The van der Waals surface area contributed by atoms with Crippen LogP contribution < -0.4 is 16.0 Å². The lowest BCUT2D eigenvalue weighted by atomic mass is 9.81. The zero-order chi connectivity index (χ0) is 18.5. The molecule has 0 radical (unpaired) electrons. The molecule has 4 aromatic rings. The molecule has 1 aliphatic rings. The Bertz CT molecular complexity index is 1250. The fourth-order valence-corrected chi connectivity index (χ4v) is 3.84. The Morgan fingerprint density at radius 1 is 1.00 bits per heavy atom. The molecule has 0 saturated heterocycles. The van der Waals surface area contributed by atoms with E-state index in [4.69, 9.17) is 22.1 Å². The smallest absolute Gasteiger partial charge is 0.260 e. The first-order chi connectivity index (χ1) is 13.1. The molecular weight excluding hydrogens is 362 g/mol. The van der Waals surface area contributed by atoms with E-state index in [1.54, 1.807) is 0 Å². The number of nitrogens with one attached hydrogen (secondary N) is 1. The minimum atomic E-state index is -0.344. The molecular formula is C21H14ClN3O2. The van der Waals surface area contributed by atoms with E-state index in [0.717, 1.165) is 21.9 Å². The van der Waals surface area contributed by atoms with Crippen molar-refractivity contribution in [1.29, 1.82) is 0 Å². The Balaban J connectivity index is 1.89. The molecule has 27 heavy (non-hydrogen) atoms. The number of anilines is 1. The van der Waals surface area contributed by atoms with Crippen LogP contribution in [0.15, 0.2) is 65.5 Å². The van der Waals surface area contributed by atoms with E-state index < -0.39 is 0 Å². The van der Waals surface area contributed by atoms with E-state index in [1.165, 1.54) is 0 Å². The molecule has 6 heteroatoms. The van der Waals surface area contributed by atoms with Gasteiger partial charge in [0.25, 0.3) is 5.56 Å². The van der Waals surface area contributed by atoms with Crippen LogP contribution >= 0.6 is 11.6 Å². The summed E-state index contributed by atoms with van der Waals surface area (Å²) >= 11 is 6.08. The third-order valence-corrected chi connectivity index (χ3v) is 5.11. The number of aromatic nitrogens is 2. The maximum atomic E-state index is 12.8. The van der Waals surface area contributed by atoms with Crippen molar-refractivity contribution >= 4 is 28.3 Å². The number of nitrogens with zero attached hydrogens (tertiary/aromatic N) is 1. The largest absolute Gasteiger partial charge is 0.438 e. The molecule has 0 amide bonds. The van der Waals surface area contributed by atoms with Crippen molar-refractivity contribution in [3.63, 3.8) is 0 Å². The van der Waals surface area contributed by atoms with Gasteiger partial charge < -0.3 is 10.5 Å². The van der Waals surface area contributed by atoms with Gasteiger partial charge >= 0.3 is 0 Å². The SMILES string of the molecule is Nc1nc2c(c(=O)[nH]1)C(c1ccc(Cl)cc1)c1c(ccc3ccccc13)O2. The molecule has 1 aromatic heterocycles. The van der Waals surface area contributed by atoms with Gasteiger partial charge in [0.05, 0.1) is 5.56 Å². The standard InChI is InChI=1S/C21H14ClN3O2/c22-13-8-5-12(6-9-13)16-17-14-4-2-1-3-11(14)7-10-15(17)27-20-18(16)19(26)24-21(23)25-20/h1-10,16H,(H3,23,24,25,26). The predicted molar refractivity (Wildman–Crippen MR) is 106 cm³/mol. The fraction of sp³-hybridized carbons (Fsp3) is 0.0476. The summed E-state index contributed by atoms with van der Waals surface area (Å²) in [5, 5.41) is 2.73. The van der Waals surface area contributed by atoms with Crippen LogP contribution in [0.4, 0.5) is 5.95 Å². The third kappa shape index (κ3) is 2.47. The van der Waals surface area contributed by atoms with Crippen molar-refractivity contribution in [3.8, 4) is 11.6 Å². The number of nitrogens with two attached hydrogens (primary N) is 1. The number of hydrogen-bond acceptors (Lipinski definition) is 4. The van der Waals surface area contributed by atoms with Crippen molar-refractivity contribution in [2.75, 3.05) is 5.73 Å². The number of rotatable bonds is 1. The van der Waals surface area contributed by atoms with Crippen LogP contribution in [0.3, 0.4) is 0 Å². The van der Waals surface area contributed by atoms with E-state index in [2.05, 4.69) is 9.97 Å². The molecule has 0 fully saturated rings. The van der Waals surface area contributed by atoms with Crippen molar-refractivity contribution < 1.29 is 4.74 Å². The normalized spacial score (nSPS) is 15.1. The van der Waals surface area contributed by atoms with E-state index in [1.807, 2.05) is 60.7 Å². The van der Waals surface area contributed by atoms with Crippen LogP contribution in [0.1, 0.15) is 22.6 Å². The second kappa shape index (κ2) is 5.86. The highest BCUT2D eigenvalue weighted by Gasteiger charge is 2.34. The molecule has 3 aromatic carbocycles. The van der Waals surface area contributed by atoms with Gasteiger partial charge in [-0.2, -0.15) is 4.98 Å².